The quantitative estimate of drug-likeness (QED) is 0.756. The maximum absolute atomic E-state index is 12.3. The van der Waals surface area contributed by atoms with E-state index in [1.807, 2.05) is 29.2 Å². The lowest BCUT2D eigenvalue weighted by atomic mass is 10.1. The number of aromatic nitrogens is 2. The number of halogens is 4. The number of hydrogen-bond acceptors (Lipinski definition) is 5. The van der Waals surface area contributed by atoms with Crippen molar-refractivity contribution in [3.8, 4) is 0 Å². The molecule has 1 fully saturated rings. The van der Waals surface area contributed by atoms with E-state index >= 15 is 0 Å². The van der Waals surface area contributed by atoms with Gasteiger partial charge in [-0.2, -0.15) is 18.2 Å². The van der Waals surface area contributed by atoms with Crippen LogP contribution in [0.15, 0.2) is 28.8 Å². The van der Waals surface area contributed by atoms with Gasteiger partial charge in [0, 0.05) is 44.2 Å². The average molecular weight is 389 g/mol. The summed E-state index contributed by atoms with van der Waals surface area (Å²) >= 11 is 5.89. The predicted molar refractivity (Wildman–Crippen MR) is 92.5 cm³/mol. The smallest absolute Gasteiger partial charge is 0.322 e. The molecule has 0 saturated carbocycles. The second-order valence-electron chi connectivity index (χ2n) is 6.31. The second kappa shape index (κ2) is 8.26. The first kappa shape index (κ1) is 19.0. The van der Waals surface area contributed by atoms with Crippen molar-refractivity contribution < 1.29 is 17.7 Å². The third-order valence-corrected chi connectivity index (χ3v) is 4.61. The molecule has 0 N–H and O–H groups in total. The zero-order chi connectivity index (χ0) is 18.6. The van der Waals surface area contributed by atoms with E-state index in [0.717, 1.165) is 31.1 Å². The molecule has 1 aromatic carbocycles. The van der Waals surface area contributed by atoms with Crippen molar-refractivity contribution in [2.45, 2.75) is 25.4 Å². The largest absolute Gasteiger partial charge is 0.389 e. The molecule has 2 heterocycles. The Hall–Kier alpha value is -1.80. The number of rotatable bonds is 6. The van der Waals surface area contributed by atoms with Crippen LogP contribution in [0, 0.1) is 0 Å². The molecular weight excluding hydrogens is 369 g/mol. The molecule has 9 heteroatoms. The van der Waals surface area contributed by atoms with Gasteiger partial charge in [-0.3, -0.25) is 4.90 Å². The summed E-state index contributed by atoms with van der Waals surface area (Å²) in [4.78, 5) is 8.34. The topological polar surface area (TPSA) is 45.4 Å². The average Bonchev–Trinajstić information content (AvgIpc) is 3.08. The SMILES string of the molecule is FC(F)(F)CCc1noc(N2CCN(CCc3ccc(Cl)cc3)CC2)n1. The van der Waals surface area contributed by atoms with Gasteiger partial charge >= 0.3 is 12.2 Å². The maximum atomic E-state index is 12.3. The molecular formula is C17H20ClF3N4O. The van der Waals surface area contributed by atoms with Crippen molar-refractivity contribution in [3.63, 3.8) is 0 Å². The summed E-state index contributed by atoms with van der Waals surface area (Å²) in [5, 5.41) is 4.38. The fourth-order valence-electron chi connectivity index (χ4n) is 2.83. The van der Waals surface area contributed by atoms with Gasteiger partial charge in [-0.15, -0.1) is 0 Å². The van der Waals surface area contributed by atoms with Crippen LogP contribution in [0.1, 0.15) is 17.8 Å². The molecule has 0 atom stereocenters. The molecule has 1 aromatic heterocycles. The van der Waals surface area contributed by atoms with Gasteiger partial charge in [0.25, 0.3) is 0 Å². The van der Waals surface area contributed by atoms with Gasteiger partial charge in [-0.25, -0.2) is 0 Å². The van der Waals surface area contributed by atoms with Crippen molar-refractivity contribution in [1.82, 2.24) is 15.0 Å². The Morgan fingerprint density at radius 3 is 2.38 bits per heavy atom. The van der Waals surface area contributed by atoms with Crippen molar-refractivity contribution in [1.29, 1.82) is 0 Å². The summed E-state index contributed by atoms with van der Waals surface area (Å²) in [6, 6.07) is 8.14. The van der Waals surface area contributed by atoms with E-state index in [4.69, 9.17) is 16.1 Å². The lowest BCUT2D eigenvalue weighted by molar-refractivity contribution is -0.134. The first-order chi connectivity index (χ1) is 12.4. The minimum absolute atomic E-state index is 0.0995. The molecule has 0 unspecified atom stereocenters. The lowest BCUT2D eigenvalue weighted by Gasteiger charge is -2.33. The Balaban J connectivity index is 1.43. The molecule has 1 saturated heterocycles. The van der Waals surface area contributed by atoms with E-state index in [1.54, 1.807) is 0 Å². The minimum Gasteiger partial charge on any atom is -0.322 e. The Kier molecular flexibility index (Phi) is 6.03. The van der Waals surface area contributed by atoms with Crippen molar-refractivity contribution in [2.24, 2.45) is 0 Å². The lowest BCUT2D eigenvalue weighted by Crippen LogP contribution is -2.47. The van der Waals surface area contributed by atoms with Gasteiger partial charge in [0.2, 0.25) is 0 Å². The third kappa shape index (κ3) is 5.60. The van der Waals surface area contributed by atoms with Gasteiger partial charge in [-0.05, 0) is 24.1 Å². The fraction of sp³-hybridized carbons (Fsp3) is 0.529. The summed E-state index contributed by atoms with van der Waals surface area (Å²) in [6.07, 6.45) is -4.46. The summed E-state index contributed by atoms with van der Waals surface area (Å²) in [5.74, 6) is 0.0995. The second-order valence-corrected chi connectivity index (χ2v) is 6.75. The van der Waals surface area contributed by atoms with Crippen LogP contribution in [0.3, 0.4) is 0 Å². The summed E-state index contributed by atoms with van der Waals surface area (Å²) in [6.45, 7) is 4.04. The van der Waals surface area contributed by atoms with Crippen LogP contribution in [0.25, 0.3) is 0 Å². The standard InChI is InChI=1S/C17H20ClF3N4O/c18-14-3-1-13(2-4-14)6-8-24-9-11-25(12-10-24)16-22-15(23-26-16)5-7-17(19,20)21/h1-4H,5-12H2. The minimum atomic E-state index is -4.21. The molecule has 0 aliphatic carbocycles. The number of alkyl halides is 3. The molecule has 1 aliphatic heterocycles. The van der Waals surface area contributed by atoms with Gasteiger partial charge in [0.05, 0.1) is 6.42 Å². The number of hydrogen-bond donors (Lipinski definition) is 0. The zero-order valence-electron chi connectivity index (χ0n) is 14.2. The highest BCUT2D eigenvalue weighted by Gasteiger charge is 2.28. The number of nitrogens with zero attached hydrogens (tertiary/aromatic N) is 4. The molecule has 0 bridgehead atoms. The maximum Gasteiger partial charge on any atom is 0.389 e. The van der Waals surface area contributed by atoms with Crippen LogP contribution >= 0.6 is 11.6 Å². The third-order valence-electron chi connectivity index (χ3n) is 4.36. The Bertz CT molecular complexity index is 697. The highest BCUT2D eigenvalue weighted by atomic mass is 35.5. The van der Waals surface area contributed by atoms with Crippen molar-refractivity contribution >= 4 is 17.6 Å². The predicted octanol–water partition coefficient (Wildman–Crippen LogP) is 3.58. The van der Waals surface area contributed by atoms with E-state index in [2.05, 4.69) is 15.0 Å². The zero-order valence-corrected chi connectivity index (χ0v) is 14.9. The monoisotopic (exact) mass is 388 g/mol. The van der Waals surface area contributed by atoms with E-state index in [9.17, 15) is 13.2 Å². The van der Waals surface area contributed by atoms with Gasteiger partial charge in [0.15, 0.2) is 5.82 Å². The Morgan fingerprint density at radius 1 is 1.04 bits per heavy atom. The normalized spacial score (nSPS) is 16.2. The van der Waals surface area contributed by atoms with Crippen LogP contribution in [0.5, 0.6) is 0 Å². The van der Waals surface area contributed by atoms with E-state index in [1.165, 1.54) is 5.56 Å². The Labute approximate surface area is 154 Å². The first-order valence-corrected chi connectivity index (χ1v) is 8.88. The number of aryl methyl sites for hydroxylation is 1. The molecule has 142 valence electrons. The first-order valence-electron chi connectivity index (χ1n) is 8.50. The molecule has 0 radical (unpaired) electrons. The molecule has 0 amide bonds. The molecule has 2 aromatic rings. The fourth-order valence-corrected chi connectivity index (χ4v) is 2.96. The molecule has 26 heavy (non-hydrogen) atoms. The van der Waals surface area contributed by atoms with Crippen LogP contribution < -0.4 is 4.90 Å². The van der Waals surface area contributed by atoms with Gasteiger partial charge in [-0.1, -0.05) is 28.9 Å². The van der Waals surface area contributed by atoms with Gasteiger partial charge in [0.1, 0.15) is 0 Å². The molecule has 3 rings (SSSR count). The highest BCUT2D eigenvalue weighted by Crippen LogP contribution is 2.22. The Morgan fingerprint density at radius 2 is 1.73 bits per heavy atom. The molecule has 0 spiro atoms. The van der Waals surface area contributed by atoms with Crippen LogP contribution in [-0.4, -0.2) is 53.9 Å². The summed E-state index contributed by atoms with van der Waals surface area (Å²) < 4.78 is 41.9. The van der Waals surface area contributed by atoms with Crippen LogP contribution in [-0.2, 0) is 12.8 Å². The molecule has 1 aliphatic rings. The van der Waals surface area contributed by atoms with Crippen LogP contribution in [0.4, 0.5) is 19.2 Å². The van der Waals surface area contributed by atoms with Crippen LogP contribution in [0.2, 0.25) is 5.02 Å². The van der Waals surface area contributed by atoms with E-state index in [0.29, 0.717) is 19.1 Å². The number of benzene rings is 1. The van der Waals surface area contributed by atoms with E-state index in [-0.39, 0.29) is 12.2 Å². The van der Waals surface area contributed by atoms with Crippen molar-refractivity contribution in [3.05, 3.63) is 40.7 Å². The molecule has 5 nitrogen and oxygen atoms in total. The highest BCUT2D eigenvalue weighted by molar-refractivity contribution is 6.30. The summed E-state index contributed by atoms with van der Waals surface area (Å²) in [5.41, 5.74) is 1.24. The number of anilines is 1. The number of piperazine rings is 1. The summed E-state index contributed by atoms with van der Waals surface area (Å²) in [7, 11) is 0. The van der Waals surface area contributed by atoms with Gasteiger partial charge < -0.3 is 9.42 Å². The van der Waals surface area contributed by atoms with E-state index < -0.39 is 12.6 Å². The van der Waals surface area contributed by atoms with Crippen molar-refractivity contribution in [2.75, 3.05) is 37.6 Å².